The smallest absolute Gasteiger partial charge is 0.318 e. The lowest BCUT2D eigenvalue weighted by Crippen LogP contribution is -2.20. The minimum absolute atomic E-state index is 0.00258. The van der Waals surface area contributed by atoms with Gasteiger partial charge in [0.2, 0.25) is 0 Å². The summed E-state index contributed by atoms with van der Waals surface area (Å²) in [4.78, 5) is 16.9. The number of rotatable bonds is 4. The molecule has 190 valence electrons. The van der Waals surface area contributed by atoms with Crippen molar-refractivity contribution in [1.29, 1.82) is 0 Å². The molecule has 4 rings (SSSR count). The molecule has 4 aromatic rings. The number of fused-ring (bicyclic) bond motifs is 1. The molecule has 0 saturated heterocycles. The Labute approximate surface area is 200 Å². The average Bonchev–Trinajstić information content (AvgIpc) is 3.38. The van der Waals surface area contributed by atoms with E-state index in [0.29, 0.717) is 10.1 Å². The first-order chi connectivity index (χ1) is 16.6. The van der Waals surface area contributed by atoms with Crippen molar-refractivity contribution in [3.63, 3.8) is 0 Å². The zero-order valence-electron chi connectivity index (χ0n) is 19.2. The van der Waals surface area contributed by atoms with Crippen LogP contribution in [-0.2, 0) is 24.3 Å². The third-order valence-electron chi connectivity index (χ3n) is 5.21. The number of hydrogen-bond donors (Lipinski definition) is 1. The van der Waals surface area contributed by atoms with Crippen LogP contribution in [-0.4, -0.2) is 30.3 Å². The quantitative estimate of drug-likeness (QED) is 0.365. The molecule has 0 aliphatic heterocycles. The summed E-state index contributed by atoms with van der Waals surface area (Å²) < 4.78 is 81.6. The average molecular weight is 510 g/mol. The summed E-state index contributed by atoms with van der Waals surface area (Å²) in [6.07, 6.45) is -6.57. The Bertz CT molecular complexity index is 1430. The van der Waals surface area contributed by atoms with Gasteiger partial charge in [0.15, 0.2) is 11.3 Å². The summed E-state index contributed by atoms with van der Waals surface area (Å²) in [6.45, 7) is 5.15. The van der Waals surface area contributed by atoms with Crippen LogP contribution in [0.2, 0.25) is 0 Å². The maximum absolute atomic E-state index is 13.7. The fourth-order valence-electron chi connectivity index (χ4n) is 3.41. The normalized spacial score (nSPS) is 12.8. The summed E-state index contributed by atoms with van der Waals surface area (Å²) in [7, 11) is 0. The molecular weight excluding hydrogens is 490 g/mol. The highest BCUT2D eigenvalue weighted by molar-refractivity contribution is 6.03. The number of hydrogen-bond acceptors (Lipinski definition) is 4. The molecule has 0 atom stereocenters. The van der Waals surface area contributed by atoms with E-state index in [9.17, 15) is 31.1 Å². The van der Waals surface area contributed by atoms with Gasteiger partial charge in [-0.15, -0.1) is 0 Å². The van der Waals surface area contributed by atoms with Gasteiger partial charge in [0.25, 0.3) is 5.91 Å². The standard InChI is InChI=1S/C23H20F6N6O/c1-21(2,3)17-9-18(23(27,28)29)35-19(32-17)8-16(33-35)20(36)31-15-10-30-34(12-15)11-13-5-4-6-14(7-13)22(24,25)26/h4-10,12H,11H2,1-3H3,(H,31,36). The fraction of sp³-hybridized carbons (Fsp3) is 0.304. The molecule has 1 N–H and O–H groups in total. The van der Waals surface area contributed by atoms with E-state index in [1.54, 1.807) is 20.8 Å². The van der Waals surface area contributed by atoms with Gasteiger partial charge in [-0.3, -0.25) is 9.48 Å². The molecular formula is C23H20F6N6O. The number of benzene rings is 1. The van der Waals surface area contributed by atoms with Crippen LogP contribution >= 0.6 is 0 Å². The number of amides is 1. The van der Waals surface area contributed by atoms with Gasteiger partial charge in [-0.25, -0.2) is 9.50 Å². The number of aromatic nitrogens is 5. The van der Waals surface area contributed by atoms with Gasteiger partial charge in [0.05, 0.1) is 29.7 Å². The zero-order valence-corrected chi connectivity index (χ0v) is 19.2. The molecule has 7 nitrogen and oxygen atoms in total. The van der Waals surface area contributed by atoms with Crippen LogP contribution in [0, 0.1) is 0 Å². The monoisotopic (exact) mass is 510 g/mol. The SMILES string of the molecule is CC(C)(C)c1cc(C(F)(F)F)n2nc(C(=O)Nc3cnn(Cc4cccc(C(F)(F)F)c4)c3)cc2n1. The maximum atomic E-state index is 13.7. The van der Waals surface area contributed by atoms with Crippen molar-refractivity contribution in [2.24, 2.45) is 0 Å². The van der Waals surface area contributed by atoms with Gasteiger partial charge in [-0.05, 0) is 23.8 Å². The molecule has 3 heterocycles. The van der Waals surface area contributed by atoms with Crippen LogP contribution in [0.25, 0.3) is 5.65 Å². The Kier molecular flexibility index (Phi) is 6.05. The Hall–Kier alpha value is -3.90. The highest BCUT2D eigenvalue weighted by Crippen LogP contribution is 2.33. The van der Waals surface area contributed by atoms with Gasteiger partial charge in [0.1, 0.15) is 5.69 Å². The molecule has 0 fully saturated rings. The lowest BCUT2D eigenvalue weighted by molar-refractivity contribution is -0.142. The maximum Gasteiger partial charge on any atom is 0.433 e. The molecule has 0 aliphatic carbocycles. The lowest BCUT2D eigenvalue weighted by atomic mass is 9.91. The number of carbonyl (C=O) groups is 1. The van der Waals surface area contributed by atoms with Gasteiger partial charge in [0, 0.05) is 17.7 Å². The number of alkyl halides is 6. The van der Waals surface area contributed by atoms with E-state index in [0.717, 1.165) is 24.3 Å². The fourth-order valence-corrected chi connectivity index (χ4v) is 3.41. The van der Waals surface area contributed by atoms with Crippen molar-refractivity contribution >= 4 is 17.2 Å². The van der Waals surface area contributed by atoms with Crippen molar-refractivity contribution in [3.8, 4) is 0 Å². The van der Waals surface area contributed by atoms with Crippen molar-refractivity contribution in [1.82, 2.24) is 24.4 Å². The van der Waals surface area contributed by atoms with Crippen molar-refractivity contribution in [2.75, 3.05) is 5.32 Å². The van der Waals surface area contributed by atoms with Crippen molar-refractivity contribution in [2.45, 2.75) is 45.1 Å². The molecule has 1 aromatic carbocycles. The number of carbonyl (C=O) groups excluding carboxylic acids is 1. The van der Waals surface area contributed by atoms with Gasteiger partial charge in [-0.2, -0.15) is 36.5 Å². The highest BCUT2D eigenvalue weighted by atomic mass is 19.4. The van der Waals surface area contributed by atoms with E-state index in [4.69, 9.17) is 0 Å². The molecule has 1 amide bonds. The summed E-state index contributed by atoms with van der Waals surface area (Å²) >= 11 is 0. The van der Waals surface area contributed by atoms with Crippen LogP contribution in [0.4, 0.5) is 32.0 Å². The number of anilines is 1. The number of nitrogens with zero attached hydrogens (tertiary/aromatic N) is 5. The molecule has 0 aliphatic rings. The molecule has 0 bridgehead atoms. The molecule has 0 spiro atoms. The highest BCUT2D eigenvalue weighted by Gasteiger charge is 2.36. The Morgan fingerprint density at radius 2 is 1.72 bits per heavy atom. The first-order valence-corrected chi connectivity index (χ1v) is 10.6. The molecule has 3 aromatic heterocycles. The summed E-state index contributed by atoms with van der Waals surface area (Å²) in [5.74, 6) is -0.801. The van der Waals surface area contributed by atoms with E-state index in [2.05, 4.69) is 20.5 Å². The lowest BCUT2D eigenvalue weighted by Gasteiger charge is -2.19. The number of nitrogens with one attached hydrogen (secondary N) is 1. The Morgan fingerprint density at radius 1 is 1.00 bits per heavy atom. The second kappa shape index (κ2) is 8.64. The van der Waals surface area contributed by atoms with Crippen LogP contribution < -0.4 is 5.32 Å². The zero-order chi connectivity index (χ0) is 26.5. The predicted molar refractivity (Wildman–Crippen MR) is 117 cm³/mol. The predicted octanol–water partition coefficient (Wildman–Crippen LogP) is 5.56. The minimum Gasteiger partial charge on any atom is -0.318 e. The van der Waals surface area contributed by atoms with Crippen LogP contribution in [0.15, 0.2) is 48.8 Å². The molecule has 13 heteroatoms. The first kappa shape index (κ1) is 25.2. The Balaban J connectivity index is 1.56. The molecule has 36 heavy (non-hydrogen) atoms. The van der Waals surface area contributed by atoms with Gasteiger partial charge >= 0.3 is 12.4 Å². The van der Waals surface area contributed by atoms with Gasteiger partial charge < -0.3 is 5.32 Å². The van der Waals surface area contributed by atoms with E-state index < -0.39 is 34.9 Å². The van der Waals surface area contributed by atoms with Crippen molar-refractivity contribution < 1.29 is 31.1 Å². The Morgan fingerprint density at radius 3 is 2.36 bits per heavy atom. The molecule has 0 unspecified atom stereocenters. The van der Waals surface area contributed by atoms with Gasteiger partial charge in [-0.1, -0.05) is 32.9 Å². The molecule has 0 saturated carbocycles. The third-order valence-corrected chi connectivity index (χ3v) is 5.21. The third kappa shape index (κ3) is 5.34. The summed E-state index contributed by atoms with van der Waals surface area (Å²) in [6, 6.07) is 6.78. The first-order valence-electron chi connectivity index (χ1n) is 10.6. The van der Waals surface area contributed by atoms with Crippen LogP contribution in [0.1, 0.15) is 53.8 Å². The second-order valence-electron chi connectivity index (χ2n) is 9.15. The van der Waals surface area contributed by atoms with Crippen LogP contribution in [0.3, 0.4) is 0 Å². The van der Waals surface area contributed by atoms with Crippen molar-refractivity contribution in [3.05, 3.63) is 77.0 Å². The largest absolute Gasteiger partial charge is 0.433 e. The van der Waals surface area contributed by atoms with E-state index in [1.807, 2.05) is 0 Å². The van der Waals surface area contributed by atoms with E-state index in [-0.39, 0.29) is 29.3 Å². The van der Waals surface area contributed by atoms with E-state index in [1.165, 1.54) is 29.2 Å². The van der Waals surface area contributed by atoms with E-state index >= 15 is 0 Å². The second-order valence-corrected chi connectivity index (χ2v) is 9.15. The topological polar surface area (TPSA) is 77.1 Å². The van der Waals surface area contributed by atoms with Crippen LogP contribution in [0.5, 0.6) is 0 Å². The summed E-state index contributed by atoms with van der Waals surface area (Å²) in [5, 5.41) is 10.3. The number of halogens is 6. The summed E-state index contributed by atoms with van der Waals surface area (Å²) in [5.41, 5.74) is -2.27. The molecule has 0 radical (unpaired) electrons. The minimum atomic E-state index is -4.73.